The largest absolute Gasteiger partial charge is 0.491 e. The summed E-state index contributed by atoms with van der Waals surface area (Å²) in [6, 6.07) is 21.7. The Labute approximate surface area is 235 Å². The molecule has 8 heteroatoms. The van der Waals surface area contributed by atoms with Gasteiger partial charge in [-0.2, -0.15) is 0 Å². The summed E-state index contributed by atoms with van der Waals surface area (Å²) in [5.41, 5.74) is 3.21. The van der Waals surface area contributed by atoms with Crippen molar-refractivity contribution in [2.75, 3.05) is 39.6 Å². The Hall–Kier alpha value is -4.23. The zero-order valence-electron chi connectivity index (χ0n) is 23.0. The highest BCUT2D eigenvalue weighted by molar-refractivity contribution is 5.91. The first-order valence-electron chi connectivity index (χ1n) is 13.2. The number of hydrogen-bond donors (Lipinski definition) is 0. The number of nitrogens with zero attached hydrogens (tertiary/aromatic N) is 1. The van der Waals surface area contributed by atoms with E-state index in [1.54, 1.807) is 36.4 Å². The molecule has 0 heterocycles. The standard InChI is InChI=1S/C32H35NO7/c1-4-24(3)31(34)39-23-21-37-19-18-36-20-22-38-29-14-10-27(11-15-29)32(35)40-30-16-8-26(9-17-30)25-6-12-28(13-7-25)33-5-2/h6-17,24H,2,4,18-23H2,1,3H3. The van der Waals surface area contributed by atoms with E-state index in [9.17, 15) is 9.59 Å². The van der Waals surface area contributed by atoms with Crippen molar-refractivity contribution >= 4 is 23.5 Å². The molecular weight excluding hydrogens is 510 g/mol. The number of carbonyl (C=O) groups excluding carboxylic acids is 2. The molecule has 3 aromatic carbocycles. The average Bonchev–Trinajstić information content (AvgIpc) is 2.98. The molecule has 210 valence electrons. The predicted molar refractivity (Wildman–Crippen MR) is 154 cm³/mol. The van der Waals surface area contributed by atoms with Crippen LogP contribution >= 0.6 is 0 Å². The van der Waals surface area contributed by atoms with Gasteiger partial charge in [-0.25, -0.2) is 9.79 Å². The number of esters is 2. The molecule has 3 aromatic rings. The van der Waals surface area contributed by atoms with Gasteiger partial charge in [0.2, 0.25) is 0 Å². The second-order valence-corrected chi connectivity index (χ2v) is 8.81. The van der Waals surface area contributed by atoms with Crippen LogP contribution in [0.25, 0.3) is 11.1 Å². The van der Waals surface area contributed by atoms with Gasteiger partial charge in [0, 0.05) is 0 Å². The third kappa shape index (κ3) is 10.2. The number of ether oxygens (including phenoxy) is 5. The minimum atomic E-state index is -0.455. The highest BCUT2D eigenvalue weighted by Crippen LogP contribution is 2.25. The molecule has 0 spiro atoms. The summed E-state index contributed by atoms with van der Waals surface area (Å²) in [4.78, 5) is 28.1. The third-order valence-corrected chi connectivity index (χ3v) is 5.92. The van der Waals surface area contributed by atoms with Crippen molar-refractivity contribution in [3.63, 3.8) is 0 Å². The summed E-state index contributed by atoms with van der Waals surface area (Å²) >= 11 is 0. The lowest BCUT2D eigenvalue weighted by molar-refractivity contribution is -0.149. The first kappa shape index (κ1) is 30.3. The fourth-order valence-electron chi connectivity index (χ4n) is 3.44. The predicted octanol–water partition coefficient (Wildman–Crippen LogP) is 6.06. The van der Waals surface area contributed by atoms with Gasteiger partial charge in [0.25, 0.3) is 0 Å². The molecule has 0 N–H and O–H groups in total. The summed E-state index contributed by atoms with van der Waals surface area (Å²) in [6.07, 6.45) is 0.757. The van der Waals surface area contributed by atoms with E-state index in [0.717, 1.165) is 23.2 Å². The summed E-state index contributed by atoms with van der Waals surface area (Å²) in [7, 11) is 0. The van der Waals surface area contributed by atoms with E-state index in [4.69, 9.17) is 23.7 Å². The van der Waals surface area contributed by atoms with Gasteiger partial charge in [-0.05, 0) is 78.5 Å². The molecule has 0 aliphatic heterocycles. The maximum atomic E-state index is 12.5. The lowest BCUT2D eigenvalue weighted by Gasteiger charge is -2.10. The molecule has 0 saturated carbocycles. The molecule has 0 saturated heterocycles. The average molecular weight is 546 g/mol. The molecule has 0 amide bonds. The summed E-state index contributed by atoms with van der Waals surface area (Å²) in [6.45, 7) is 9.39. The number of benzene rings is 3. The third-order valence-electron chi connectivity index (χ3n) is 5.92. The van der Waals surface area contributed by atoms with Crippen molar-refractivity contribution in [2.45, 2.75) is 20.3 Å². The van der Waals surface area contributed by atoms with Crippen LogP contribution in [-0.4, -0.2) is 57.4 Å². The first-order valence-corrected chi connectivity index (χ1v) is 13.2. The van der Waals surface area contributed by atoms with Crippen LogP contribution in [0.5, 0.6) is 11.5 Å². The van der Waals surface area contributed by atoms with Crippen LogP contribution in [0.15, 0.2) is 84.4 Å². The Morgan fingerprint density at radius 3 is 1.93 bits per heavy atom. The topological polar surface area (TPSA) is 92.7 Å². The normalized spacial score (nSPS) is 11.2. The minimum absolute atomic E-state index is 0.0915. The molecular formula is C32H35NO7. The van der Waals surface area contributed by atoms with Crippen molar-refractivity contribution in [3.8, 4) is 22.6 Å². The van der Waals surface area contributed by atoms with Gasteiger partial charge in [-0.15, -0.1) is 0 Å². The second kappa shape index (κ2) is 16.7. The molecule has 0 fully saturated rings. The van der Waals surface area contributed by atoms with Crippen molar-refractivity contribution in [1.29, 1.82) is 0 Å². The van der Waals surface area contributed by atoms with Crippen LogP contribution < -0.4 is 9.47 Å². The van der Waals surface area contributed by atoms with Crippen LogP contribution in [0.3, 0.4) is 0 Å². The molecule has 0 aliphatic rings. The van der Waals surface area contributed by atoms with Crippen molar-refractivity contribution in [3.05, 3.63) is 84.9 Å². The van der Waals surface area contributed by atoms with E-state index in [1.165, 1.54) is 0 Å². The first-order chi connectivity index (χ1) is 19.5. The van der Waals surface area contributed by atoms with E-state index in [2.05, 4.69) is 17.4 Å². The van der Waals surface area contributed by atoms with Crippen LogP contribution in [0, 0.1) is 5.92 Å². The Morgan fingerprint density at radius 2 is 1.32 bits per heavy atom. The quantitative estimate of drug-likeness (QED) is 0.0935. The summed E-state index contributed by atoms with van der Waals surface area (Å²) < 4.78 is 27.1. The van der Waals surface area contributed by atoms with Crippen molar-refractivity contribution < 1.29 is 33.3 Å². The molecule has 40 heavy (non-hydrogen) atoms. The van der Waals surface area contributed by atoms with E-state index < -0.39 is 5.97 Å². The van der Waals surface area contributed by atoms with Crippen LogP contribution in [0.2, 0.25) is 0 Å². The van der Waals surface area contributed by atoms with E-state index >= 15 is 0 Å². The van der Waals surface area contributed by atoms with Gasteiger partial charge in [0.15, 0.2) is 0 Å². The van der Waals surface area contributed by atoms with Crippen molar-refractivity contribution in [1.82, 2.24) is 0 Å². The van der Waals surface area contributed by atoms with E-state index in [-0.39, 0.29) is 18.5 Å². The van der Waals surface area contributed by atoms with Gasteiger partial charge in [-0.3, -0.25) is 4.79 Å². The molecule has 0 bridgehead atoms. The van der Waals surface area contributed by atoms with E-state index in [0.29, 0.717) is 50.1 Å². The lowest BCUT2D eigenvalue weighted by Crippen LogP contribution is -2.18. The smallest absolute Gasteiger partial charge is 0.343 e. The van der Waals surface area contributed by atoms with Crippen LogP contribution in [0.1, 0.15) is 30.6 Å². The monoisotopic (exact) mass is 545 g/mol. The second-order valence-electron chi connectivity index (χ2n) is 8.81. The van der Waals surface area contributed by atoms with E-state index in [1.807, 2.05) is 50.2 Å². The molecule has 3 rings (SSSR count). The molecule has 0 aliphatic carbocycles. The van der Waals surface area contributed by atoms with Crippen molar-refractivity contribution in [2.24, 2.45) is 10.9 Å². The molecule has 8 nitrogen and oxygen atoms in total. The maximum Gasteiger partial charge on any atom is 0.343 e. The molecule has 1 atom stereocenters. The maximum absolute atomic E-state index is 12.5. The Morgan fingerprint density at radius 1 is 0.775 bits per heavy atom. The highest BCUT2D eigenvalue weighted by atomic mass is 16.6. The Kier molecular flexibility index (Phi) is 12.6. The fraction of sp³-hybridized carbons (Fsp3) is 0.312. The SMILES string of the molecule is C=C=Nc1ccc(-c2ccc(OC(=O)c3ccc(OCCOCCOCCOC(=O)C(C)CC)cc3)cc2)cc1. The number of carbonyl (C=O) groups is 2. The molecule has 1 unspecified atom stereocenters. The van der Waals surface area contributed by atoms with Gasteiger partial charge >= 0.3 is 11.9 Å². The number of rotatable bonds is 16. The zero-order chi connectivity index (χ0) is 28.6. The Balaban J connectivity index is 1.31. The number of aliphatic imine (C=N–C) groups is 1. The molecule has 0 radical (unpaired) electrons. The van der Waals surface area contributed by atoms with Gasteiger partial charge in [0.05, 0.1) is 43.6 Å². The van der Waals surface area contributed by atoms with Gasteiger partial charge in [0.1, 0.15) is 24.7 Å². The Bertz CT molecular complexity index is 1250. The fourth-order valence-corrected chi connectivity index (χ4v) is 3.44. The molecule has 0 aromatic heterocycles. The summed E-state index contributed by atoms with van der Waals surface area (Å²) in [5.74, 6) is 2.84. The summed E-state index contributed by atoms with van der Waals surface area (Å²) in [5, 5.41) is 0. The minimum Gasteiger partial charge on any atom is -0.491 e. The zero-order valence-corrected chi connectivity index (χ0v) is 23.0. The van der Waals surface area contributed by atoms with Gasteiger partial charge in [-0.1, -0.05) is 38.1 Å². The highest BCUT2D eigenvalue weighted by Gasteiger charge is 2.11. The van der Waals surface area contributed by atoms with Crippen LogP contribution in [-0.2, 0) is 19.0 Å². The van der Waals surface area contributed by atoms with Crippen LogP contribution in [0.4, 0.5) is 5.69 Å². The number of hydrogen-bond acceptors (Lipinski definition) is 8. The van der Waals surface area contributed by atoms with Gasteiger partial charge < -0.3 is 23.7 Å². The lowest BCUT2D eigenvalue weighted by atomic mass is 10.1.